The minimum absolute atomic E-state index is 0.0140. The molecule has 6 nitrogen and oxygen atoms in total. The maximum absolute atomic E-state index is 11.7. The Hall–Kier alpha value is -2.12. The first-order valence-electron chi connectivity index (χ1n) is 8.81. The van der Waals surface area contributed by atoms with E-state index in [-0.39, 0.29) is 11.8 Å². The maximum atomic E-state index is 11.7. The van der Waals surface area contributed by atoms with Crippen LogP contribution in [0, 0.1) is 0 Å². The summed E-state index contributed by atoms with van der Waals surface area (Å²) < 4.78 is 12.3. The molecule has 0 bridgehead atoms. The number of carbonyl (C=O) groups excluding carboxylic acids is 2. The van der Waals surface area contributed by atoms with Crippen LogP contribution in [0.25, 0.3) is 6.08 Å². The highest BCUT2D eigenvalue weighted by atomic mass is 16.7. The molecule has 1 saturated heterocycles. The van der Waals surface area contributed by atoms with Crippen LogP contribution in [-0.2, 0) is 25.3 Å². The lowest BCUT2D eigenvalue weighted by atomic mass is 9.76. The summed E-state index contributed by atoms with van der Waals surface area (Å²) in [7, 11) is -0.570. The van der Waals surface area contributed by atoms with Gasteiger partial charge in [0.25, 0.3) is 0 Å². The molecule has 26 heavy (non-hydrogen) atoms. The van der Waals surface area contributed by atoms with Crippen LogP contribution in [-0.4, -0.2) is 36.7 Å². The summed E-state index contributed by atoms with van der Waals surface area (Å²) >= 11 is 0. The fourth-order valence-electron chi connectivity index (χ4n) is 3.02. The van der Waals surface area contributed by atoms with Gasteiger partial charge in [0.1, 0.15) is 0 Å². The molecule has 3 rings (SSSR count). The average Bonchev–Trinajstić information content (AvgIpc) is 3.00. The van der Waals surface area contributed by atoms with Crippen molar-refractivity contribution in [3.8, 4) is 0 Å². The average molecular weight is 356 g/mol. The number of nitrogens with one attached hydrogen (secondary N) is 2. The lowest BCUT2D eigenvalue weighted by molar-refractivity contribution is -0.118. The van der Waals surface area contributed by atoms with E-state index in [0.717, 1.165) is 22.3 Å². The molecule has 0 aromatic heterocycles. The first-order valence-corrected chi connectivity index (χ1v) is 8.81. The molecule has 138 valence electrons. The summed E-state index contributed by atoms with van der Waals surface area (Å²) in [4.78, 5) is 23.2. The Morgan fingerprint density at radius 2 is 1.92 bits per heavy atom. The van der Waals surface area contributed by atoms with Crippen molar-refractivity contribution in [1.82, 2.24) is 5.32 Å². The molecule has 2 aliphatic heterocycles. The van der Waals surface area contributed by atoms with Crippen LogP contribution in [0.5, 0.6) is 0 Å². The third-order valence-electron chi connectivity index (χ3n) is 5.24. The zero-order valence-electron chi connectivity index (χ0n) is 15.9. The normalized spacial score (nSPS) is 20.7. The van der Waals surface area contributed by atoms with E-state index in [2.05, 4.69) is 10.6 Å². The highest BCUT2D eigenvalue weighted by Gasteiger charge is 2.52. The summed E-state index contributed by atoms with van der Waals surface area (Å²) in [6.45, 7) is 9.74. The minimum Gasteiger partial charge on any atom is -0.400 e. The fourth-order valence-corrected chi connectivity index (χ4v) is 3.02. The molecule has 0 saturated carbocycles. The first kappa shape index (κ1) is 18.7. The van der Waals surface area contributed by atoms with Gasteiger partial charge >= 0.3 is 7.12 Å². The van der Waals surface area contributed by atoms with E-state index in [1.54, 1.807) is 0 Å². The summed E-state index contributed by atoms with van der Waals surface area (Å²) in [6, 6.07) is 5.79. The standard InChI is InChI=1S/C19H25BN2O4/c1-12(23)21-11-15(20-25-18(2,3)19(4,5)26-20)9-13-7-6-8-14-10-16(24)22-17(13)14/h6-9H,10-11H2,1-5H3,(H,21,23)(H,22,24). The van der Waals surface area contributed by atoms with Gasteiger partial charge < -0.3 is 19.9 Å². The lowest BCUT2D eigenvalue weighted by Gasteiger charge is -2.32. The van der Waals surface area contributed by atoms with Gasteiger partial charge in [0.2, 0.25) is 11.8 Å². The van der Waals surface area contributed by atoms with Crippen LogP contribution in [0.1, 0.15) is 45.7 Å². The van der Waals surface area contributed by atoms with Crippen molar-refractivity contribution in [2.75, 3.05) is 11.9 Å². The van der Waals surface area contributed by atoms with Crippen molar-refractivity contribution in [3.05, 3.63) is 34.8 Å². The van der Waals surface area contributed by atoms with Gasteiger partial charge in [-0.1, -0.05) is 24.3 Å². The molecule has 1 fully saturated rings. The Balaban J connectivity index is 1.96. The van der Waals surface area contributed by atoms with Crippen LogP contribution < -0.4 is 10.6 Å². The largest absolute Gasteiger partial charge is 0.492 e. The first-order chi connectivity index (χ1) is 12.1. The number of fused-ring (bicyclic) bond motifs is 1. The van der Waals surface area contributed by atoms with Crippen LogP contribution >= 0.6 is 0 Å². The van der Waals surface area contributed by atoms with Crippen LogP contribution in [0.3, 0.4) is 0 Å². The van der Waals surface area contributed by atoms with E-state index in [0.29, 0.717) is 13.0 Å². The molecule has 0 atom stereocenters. The summed E-state index contributed by atoms with van der Waals surface area (Å²) in [5.41, 5.74) is 2.52. The molecular formula is C19H25BN2O4. The van der Waals surface area contributed by atoms with Gasteiger partial charge in [-0.05, 0) is 44.3 Å². The maximum Gasteiger partial charge on any atom is 0.492 e. The van der Waals surface area contributed by atoms with Crippen molar-refractivity contribution in [2.45, 2.75) is 52.2 Å². The van der Waals surface area contributed by atoms with E-state index in [4.69, 9.17) is 9.31 Å². The predicted octanol–water partition coefficient (Wildman–Crippen LogP) is 2.33. The summed E-state index contributed by atoms with van der Waals surface area (Å²) in [6.07, 6.45) is 2.32. The number of benzene rings is 1. The Kier molecular flexibility index (Phi) is 4.71. The topological polar surface area (TPSA) is 76.7 Å². The third kappa shape index (κ3) is 3.55. The second kappa shape index (κ2) is 6.56. The number of anilines is 1. The van der Waals surface area contributed by atoms with Crippen LogP contribution in [0.4, 0.5) is 5.69 Å². The quantitative estimate of drug-likeness (QED) is 0.812. The highest BCUT2D eigenvalue weighted by molar-refractivity contribution is 6.56. The molecule has 2 amide bonds. The van der Waals surface area contributed by atoms with Gasteiger partial charge in [0.15, 0.2) is 0 Å². The molecule has 2 heterocycles. The molecule has 1 aromatic carbocycles. The molecule has 2 aliphatic rings. The second-order valence-corrected chi connectivity index (χ2v) is 7.82. The van der Waals surface area contributed by atoms with Gasteiger partial charge in [-0.25, -0.2) is 0 Å². The van der Waals surface area contributed by atoms with E-state index in [1.807, 2.05) is 52.0 Å². The number of para-hydroxylation sites is 1. The molecule has 0 aliphatic carbocycles. The molecular weight excluding hydrogens is 331 g/mol. The molecule has 0 radical (unpaired) electrons. The summed E-state index contributed by atoms with van der Waals surface area (Å²) in [5.74, 6) is -0.140. The number of amides is 2. The smallest absolute Gasteiger partial charge is 0.400 e. The number of carbonyl (C=O) groups is 2. The fraction of sp³-hybridized carbons (Fsp3) is 0.474. The monoisotopic (exact) mass is 356 g/mol. The number of rotatable bonds is 4. The SMILES string of the molecule is CC(=O)NCC(=Cc1cccc2c1NC(=O)C2)B1OC(C)(C)C(C)(C)O1. The van der Waals surface area contributed by atoms with Crippen LogP contribution in [0.2, 0.25) is 0 Å². The zero-order valence-corrected chi connectivity index (χ0v) is 15.9. The van der Waals surface area contributed by atoms with E-state index < -0.39 is 18.3 Å². The van der Waals surface area contributed by atoms with Gasteiger partial charge in [0.05, 0.1) is 23.3 Å². The van der Waals surface area contributed by atoms with Gasteiger partial charge in [-0.2, -0.15) is 0 Å². The molecule has 1 aromatic rings. The molecule has 7 heteroatoms. The van der Waals surface area contributed by atoms with Crippen molar-refractivity contribution in [1.29, 1.82) is 0 Å². The molecule has 2 N–H and O–H groups in total. The number of hydrogen-bond acceptors (Lipinski definition) is 4. The van der Waals surface area contributed by atoms with Crippen LogP contribution in [0.15, 0.2) is 23.7 Å². The van der Waals surface area contributed by atoms with Gasteiger partial charge in [-0.15, -0.1) is 0 Å². The highest BCUT2D eigenvalue weighted by Crippen LogP contribution is 2.39. The van der Waals surface area contributed by atoms with Crippen molar-refractivity contribution >= 4 is 30.7 Å². The predicted molar refractivity (Wildman–Crippen MR) is 102 cm³/mol. The Morgan fingerprint density at radius 1 is 1.27 bits per heavy atom. The Labute approximate surface area is 154 Å². The lowest BCUT2D eigenvalue weighted by Crippen LogP contribution is -2.41. The minimum atomic E-state index is -0.570. The second-order valence-electron chi connectivity index (χ2n) is 7.82. The van der Waals surface area contributed by atoms with Crippen molar-refractivity contribution < 1.29 is 18.9 Å². The Bertz CT molecular complexity index is 770. The van der Waals surface area contributed by atoms with Crippen molar-refractivity contribution in [3.63, 3.8) is 0 Å². The van der Waals surface area contributed by atoms with Gasteiger partial charge in [0, 0.05) is 13.5 Å². The Morgan fingerprint density at radius 3 is 2.54 bits per heavy atom. The van der Waals surface area contributed by atoms with Gasteiger partial charge in [-0.3, -0.25) is 9.59 Å². The molecule has 0 unspecified atom stereocenters. The van der Waals surface area contributed by atoms with Crippen molar-refractivity contribution in [2.24, 2.45) is 0 Å². The number of hydrogen-bond donors (Lipinski definition) is 2. The van der Waals surface area contributed by atoms with E-state index in [1.165, 1.54) is 6.92 Å². The van der Waals surface area contributed by atoms with E-state index >= 15 is 0 Å². The molecule has 0 spiro atoms. The van der Waals surface area contributed by atoms with E-state index in [9.17, 15) is 9.59 Å². The summed E-state index contributed by atoms with van der Waals surface area (Å²) in [5, 5.41) is 5.73. The zero-order chi connectivity index (χ0) is 19.1. The third-order valence-corrected chi connectivity index (χ3v) is 5.24.